The topological polar surface area (TPSA) is 52.5 Å². The molecule has 0 aliphatic heterocycles. The lowest BCUT2D eigenvalue weighted by atomic mass is 9.90. The van der Waals surface area contributed by atoms with E-state index in [9.17, 15) is 10.2 Å². The van der Waals surface area contributed by atoms with Crippen LogP contribution in [0.15, 0.2) is 36.4 Å². The van der Waals surface area contributed by atoms with Gasteiger partial charge in [-0.2, -0.15) is 0 Å². The minimum absolute atomic E-state index is 0.0148. The number of aryl methyl sites for hydroxylation is 1. The third kappa shape index (κ3) is 2.82. The molecule has 0 spiro atoms. The van der Waals surface area contributed by atoms with E-state index in [-0.39, 0.29) is 17.5 Å². The Morgan fingerprint density at radius 2 is 1.86 bits per heavy atom. The summed E-state index contributed by atoms with van der Waals surface area (Å²) in [7, 11) is 0. The van der Waals surface area contributed by atoms with Crippen molar-refractivity contribution in [1.29, 1.82) is 0 Å². The van der Waals surface area contributed by atoms with Gasteiger partial charge in [0.1, 0.15) is 11.5 Å². The largest absolute Gasteiger partial charge is 0.508 e. The van der Waals surface area contributed by atoms with Gasteiger partial charge >= 0.3 is 0 Å². The summed E-state index contributed by atoms with van der Waals surface area (Å²) in [4.78, 5) is 0. The monoisotopic (exact) mass is 283 g/mol. The number of anilines is 1. The number of fused-ring (bicyclic) bond motifs is 1. The van der Waals surface area contributed by atoms with Crippen LogP contribution in [0.1, 0.15) is 42.5 Å². The van der Waals surface area contributed by atoms with Crippen LogP contribution in [0.4, 0.5) is 5.69 Å². The zero-order chi connectivity index (χ0) is 14.8. The van der Waals surface area contributed by atoms with Crippen molar-refractivity contribution in [2.45, 2.75) is 38.6 Å². The van der Waals surface area contributed by atoms with Crippen molar-refractivity contribution in [3.63, 3.8) is 0 Å². The van der Waals surface area contributed by atoms with E-state index in [2.05, 4.69) is 23.5 Å². The summed E-state index contributed by atoms with van der Waals surface area (Å²) in [5.41, 5.74) is 4.80. The molecule has 21 heavy (non-hydrogen) atoms. The molecule has 0 bridgehead atoms. The van der Waals surface area contributed by atoms with Crippen molar-refractivity contribution in [3.05, 3.63) is 53.1 Å². The summed E-state index contributed by atoms with van der Waals surface area (Å²) in [5.74, 6) is 0.209. The minimum atomic E-state index is -0.0148. The first-order valence-corrected chi connectivity index (χ1v) is 7.54. The molecule has 1 atom stereocenters. The second-order valence-electron chi connectivity index (χ2n) is 5.76. The van der Waals surface area contributed by atoms with Crippen LogP contribution < -0.4 is 5.32 Å². The van der Waals surface area contributed by atoms with Crippen LogP contribution in [-0.4, -0.2) is 10.2 Å². The molecule has 2 aromatic carbocycles. The van der Waals surface area contributed by atoms with Crippen molar-refractivity contribution >= 4 is 5.69 Å². The molecular formula is C18H21NO2. The highest BCUT2D eigenvalue weighted by Gasteiger charge is 2.16. The van der Waals surface area contributed by atoms with E-state index in [1.165, 1.54) is 30.0 Å². The fourth-order valence-corrected chi connectivity index (χ4v) is 3.13. The average molecular weight is 283 g/mol. The molecule has 0 fully saturated rings. The Morgan fingerprint density at radius 1 is 1.05 bits per heavy atom. The van der Waals surface area contributed by atoms with Gasteiger partial charge in [-0.1, -0.05) is 12.1 Å². The molecule has 0 heterocycles. The lowest BCUT2D eigenvalue weighted by Crippen LogP contribution is -2.12. The van der Waals surface area contributed by atoms with Crippen LogP contribution >= 0.6 is 0 Å². The fourth-order valence-electron chi connectivity index (χ4n) is 3.13. The van der Waals surface area contributed by atoms with Crippen LogP contribution in [0.2, 0.25) is 0 Å². The summed E-state index contributed by atoms with van der Waals surface area (Å²) < 4.78 is 0. The van der Waals surface area contributed by atoms with Crippen LogP contribution in [0.5, 0.6) is 11.5 Å². The van der Waals surface area contributed by atoms with Crippen molar-refractivity contribution in [2.75, 3.05) is 5.32 Å². The van der Waals surface area contributed by atoms with E-state index in [4.69, 9.17) is 0 Å². The van der Waals surface area contributed by atoms with Gasteiger partial charge in [0, 0.05) is 17.3 Å². The number of hydrogen-bond acceptors (Lipinski definition) is 3. The number of aromatic hydroxyl groups is 2. The van der Waals surface area contributed by atoms with Crippen molar-refractivity contribution in [3.8, 4) is 11.5 Å². The summed E-state index contributed by atoms with van der Waals surface area (Å²) >= 11 is 0. The third-order valence-electron chi connectivity index (χ3n) is 4.25. The third-order valence-corrected chi connectivity index (χ3v) is 4.25. The van der Waals surface area contributed by atoms with Crippen molar-refractivity contribution < 1.29 is 10.2 Å². The molecule has 1 aliphatic rings. The Bertz CT molecular complexity index is 652. The highest BCUT2D eigenvalue weighted by atomic mass is 16.3. The number of rotatable bonds is 3. The quantitative estimate of drug-likeness (QED) is 0.793. The smallest absolute Gasteiger partial charge is 0.124 e. The summed E-state index contributed by atoms with van der Waals surface area (Å²) in [6.45, 7) is 2.02. The Hall–Kier alpha value is -2.16. The molecule has 3 N–H and O–H groups in total. The van der Waals surface area contributed by atoms with Gasteiger partial charge in [-0.05, 0) is 61.9 Å². The fraction of sp³-hybridized carbons (Fsp3) is 0.333. The number of phenolic OH excluding ortho intramolecular Hbond substituents is 2. The van der Waals surface area contributed by atoms with Crippen LogP contribution in [-0.2, 0) is 12.8 Å². The summed E-state index contributed by atoms with van der Waals surface area (Å²) in [6.07, 6.45) is 4.78. The normalized spacial score (nSPS) is 15.3. The van der Waals surface area contributed by atoms with E-state index < -0.39 is 0 Å². The maximum absolute atomic E-state index is 9.98. The van der Waals surface area contributed by atoms with Gasteiger partial charge in [-0.15, -0.1) is 0 Å². The molecule has 3 nitrogen and oxygen atoms in total. The maximum atomic E-state index is 9.98. The van der Waals surface area contributed by atoms with E-state index in [0.717, 1.165) is 24.1 Å². The van der Waals surface area contributed by atoms with Gasteiger partial charge in [-0.25, -0.2) is 0 Å². The summed E-state index contributed by atoms with van der Waals surface area (Å²) in [6, 6.07) is 11.1. The Morgan fingerprint density at radius 3 is 2.67 bits per heavy atom. The zero-order valence-electron chi connectivity index (χ0n) is 12.3. The van der Waals surface area contributed by atoms with Gasteiger partial charge in [0.25, 0.3) is 0 Å². The molecule has 0 radical (unpaired) electrons. The second kappa shape index (κ2) is 5.68. The first kappa shape index (κ1) is 13.8. The second-order valence-corrected chi connectivity index (χ2v) is 5.76. The molecule has 3 heteroatoms. The predicted molar refractivity (Wildman–Crippen MR) is 84.9 cm³/mol. The molecule has 0 aromatic heterocycles. The van der Waals surface area contributed by atoms with Gasteiger partial charge in [0.2, 0.25) is 0 Å². The lowest BCUT2D eigenvalue weighted by Gasteiger charge is -2.23. The van der Waals surface area contributed by atoms with Crippen molar-refractivity contribution in [2.24, 2.45) is 0 Å². The molecule has 1 aliphatic carbocycles. The van der Waals surface area contributed by atoms with Gasteiger partial charge in [0.15, 0.2) is 0 Å². The van der Waals surface area contributed by atoms with Gasteiger partial charge < -0.3 is 15.5 Å². The molecule has 0 saturated heterocycles. The zero-order valence-corrected chi connectivity index (χ0v) is 12.3. The Balaban J connectivity index is 1.86. The van der Waals surface area contributed by atoms with E-state index in [0.29, 0.717) is 0 Å². The van der Waals surface area contributed by atoms with Crippen molar-refractivity contribution in [1.82, 2.24) is 0 Å². The van der Waals surface area contributed by atoms with E-state index in [1.807, 2.05) is 6.92 Å². The molecule has 3 rings (SSSR count). The van der Waals surface area contributed by atoms with Gasteiger partial charge in [-0.3, -0.25) is 0 Å². The van der Waals surface area contributed by atoms with Gasteiger partial charge in [0.05, 0.1) is 6.04 Å². The van der Waals surface area contributed by atoms with Crippen LogP contribution in [0.25, 0.3) is 0 Å². The molecule has 0 saturated carbocycles. The first-order valence-electron chi connectivity index (χ1n) is 7.54. The standard InChI is InChI=1S/C18H21NO2/c1-12(15-10-9-14(20)11-18(15)21)19-17-8-4-6-13-5-2-3-7-16(13)17/h4,6,8-12,19-21H,2-3,5,7H2,1H3. The molecular weight excluding hydrogens is 262 g/mol. The first-order chi connectivity index (χ1) is 10.1. The van der Waals surface area contributed by atoms with Crippen LogP contribution in [0.3, 0.4) is 0 Å². The number of hydrogen-bond donors (Lipinski definition) is 3. The van der Waals surface area contributed by atoms with E-state index in [1.54, 1.807) is 12.1 Å². The maximum Gasteiger partial charge on any atom is 0.124 e. The summed E-state index contributed by atoms with van der Waals surface area (Å²) in [5, 5.41) is 22.9. The lowest BCUT2D eigenvalue weighted by molar-refractivity contribution is 0.444. The average Bonchev–Trinajstić information content (AvgIpc) is 2.47. The highest BCUT2D eigenvalue weighted by molar-refractivity contribution is 5.57. The molecule has 0 amide bonds. The predicted octanol–water partition coefficient (Wildman–Crippen LogP) is 4.15. The molecule has 2 aromatic rings. The minimum Gasteiger partial charge on any atom is -0.508 e. The molecule has 1 unspecified atom stereocenters. The number of nitrogens with one attached hydrogen (secondary N) is 1. The van der Waals surface area contributed by atoms with Crippen LogP contribution in [0, 0.1) is 0 Å². The number of benzene rings is 2. The molecule has 110 valence electrons. The highest BCUT2D eigenvalue weighted by Crippen LogP contribution is 2.33. The Labute approximate surface area is 125 Å². The SMILES string of the molecule is CC(Nc1cccc2c1CCCC2)c1ccc(O)cc1O. The Kier molecular flexibility index (Phi) is 3.74. The van der Waals surface area contributed by atoms with E-state index >= 15 is 0 Å². The number of phenols is 2.